The number of amides is 3. The van der Waals surface area contributed by atoms with Crippen LogP contribution in [0.5, 0.6) is 0 Å². The lowest BCUT2D eigenvalue weighted by molar-refractivity contribution is -0.137. The Hall–Kier alpha value is -3.68. The second-order valence-corrected chi connectivity index (χ2v) is 12.8. The molecule has 4 heterocycles. The molecule has 0 unspecified atom stereocenters. The van der Waals surface area contributed by atoms with Gasteiger partial charge in [-0.05, 0) is 48.7 Å². The lowest BCUT2D eigenvalue weighted by Crippen LogP contribution is -2.32. The first-order valence-corrected chi connectivity index (χ1v) is 15.0. The van der Waals surface area contributed by atoms with Crippen LogP contribution < -0.4 is 15.1 Å². The van der Waals surface area contributed by atoms with Gasteiger partial charge in [0.15, 0.2) is 0 Å². The Morgan fingerprint density at radius 2 is 1.76 bits per heavy atom. The van der Waals surface area contributed by atoms with Crippen molar-refractivity contribution < 1.29 is 27.6 Å². The zero-order chi connectivity index (χ0) is 29.1. The highest BCUT2D eigenvalue weighted by atomic mass is 32.2. The number of rotatable bonds is 5. The van der Waals surface area contributed by atoms with Crippen LogP contribution in [-0.2, 0) is 27.1 Å². The Bertz CT molecular complexity index is 1730. The SMILES string of the molecule is Cc1ccc(N2C(=O)[C@H]3[C@H](c4cccs4)c4sc(=O)n(CC(=O)Nc5cccc(C(F)(F)F)c5)c4S[C@H]3C2=O)cc1. The van der Waals surface area contributed by atoms with E-state index in [4.69, 9.17) is 0 Å². The van der Waals surface area contributed by atoms with E-state index in [1.54, 1.807) is 12.1 Å². The largest absolute Gasteiger partial charge is 0.416 e. The van der Waals surface area contributed by atoms with Gasteiger partial charge in [-0.2, -0.15) is 13.2 Å². The molecule has 6 rings (SSSR count). The average Bonchev–Trinajstić information content (AvgIpc) is 3.62. The number of aryl methyl sites for hydroxylation is 1. The van der Waals surface area contributed by atoms with E-state index in [0.29, 0.717) is 15.6 Å². The minimum Gasteiger partial charge on any atom is -0.325 e. The lowest BCUT2D eigenvalue weighted by Gasteiger charge is -2.29. The molecule has 0 spiro atoms. The van der Waals surface area contributed by atoms with E-state index in [2.05, 4.69) is 5.32 Å². The number of nitrogens with zero attached hydrogens (tertiary/aromatic N) is 2. The predicted molar refractivity (Wildman–Crippen MR) is 152 cm³/mol. The number of halogens is 3. The molecule has 0 saturated carbocycles. The van der Waals surface area contributed by atoms with Gasteiger partial charge in [0.1, 0.15) is 11.8 Å². The Morgan fingerprint density at radius 1 is 1.00 bits per heavy atom. The number of thiazole rings is 1. The van der Waals surface area contributed by atoms with E-state index >= 15 is 0 Å². The highest BCUT2D eigenvalue weighted by molar-refractivity contribution is 8.00. The van der Waals surface area contributed by atoms with Crippen molar-refractivity contribution in [1.82, 2.24) is 4.57 Å². The summed E-state index contributed by atoms with van der Waals surface area (Å²) in [6, 6.07) is 15.0. The second kappa shape index (κ2) is 10.3. The predicted octanol–water partition coefficient (Wildman–Crippen LogP) is 5.73. The van der Waals surface area contributed by atoms with Crippen molar-refractivity contribution in [1.29, 1.82) is 0 Å². The summed E-state index contributed by atoms with van der Waals surface area (Å²) in [6.45, 7) is 1.44. The van der Waals surface area contributed by atoms with Crippen LogP contribution in [-0.4, -0.2) is 27.5 Å². The van der Waals surface area contributed by atoms with Crippen LogP contribution in [0.25, 0.3) is 0 Å². The first-order valence-electron chi connectivity index (χ1n) is 12.4. The number of hydrogen-bond acceptors (Lipinski definition) is 7. The number of nitrogens with one attached hydrogen (secondary N) is 1. The van der Waals surface area contributed by atoms with Crippen molar-refractivity contribution >= 4 is 63.5 Å². The quantitative estimate of drug-likeness (QED) is 0.290. The lowest BCUT2D eigenvalue weighted by atomic mass is 9.87. The van der Waals surface area contributed by atoms with Crippen molar-refractivity contribution in [2.75, 3.05) is 10.2 Å². The van der Waals surface area contributed by atoms with Crippen molar-refractivity contribution in [3.05, 3.63) is 96.6 Å². The van der Waals surface area contributed by atoms with Crippen LogP contribution in [0.2, 0.25) is 0 Å². The first-order chi connectivity index (χ1) is 19.5. The summed E-state index contributed by atoms with van der Waals surface area (Å²) < 4.78 is 40.6. The van der Waals surface area contributed by atoms with Crippen LogP contribution in [0.4, 0.5) is 24.5 Å². The molecule has 41 heavy (non-hydrogen) atoms. The maximum Gasteiger partial charge on any atom is 0.416 e. The average molecular weight is 616 g/mol. The molecule has 1 fully saturated rings. The summed E-state index contributed by atoms with van der Waals surface area (Å²) >= 11 is 3.40. The summed E-state index contributed by atoms with van der Waals surface area (Å²) in [4.78, 5) is 55.7. The molecule has 3 atom stereocenters. The Morgan fingerprint density at radius 3 is 2.44 bits per heavy atom. The molecule has 210 valence electrons. The van der Waals surface area contributed by atoms with Crippen LogP contribution >= 0.6 is 34.4 Å². The molecule has 7 nitrogen and oxygen atoms in total. The number of carbonyl (C=O) groups excluding carboxylic acids is 3. The van der Waals surface area contributed by atoms with Gasteiger partial charge in [-0.15, -0.1) is 11.3 Å². The topological polar surface area (TPSA) is 88.5 Å². The highest BCUT2D eigenvalue weighted by Crippen LogP contribution is 2.54. The number of thioether (sulfide) groups is 1. The van der Waals surface area contributed by atoms with E-state index in [1.807, 2.05) is 36.6 Å². The number of benzene rings is 2. The number of hydrogen-bond donors (Lipinski definition) is 1. The fraction of sp³-hybridized carbons (Fsp3) is 0.214. The number of alkyl halides is 3. The summed E-state index contributed by atoms with van der Waals surface area (Å²) in [7, 11) is 0. The standard InChI is InChI=1S/C28H20F3N3O4S3/c1-14-7-9-17(10-8-14)34-24(36)21-20(18-6-3-11-39-18)23-26(40-22(21)25(34)37)33(27(38)41-23)13-19(35)32-16-5-2-4-15(12-16)28(29,30)31/h2-12,20-22H,13H2,1H3,(H,32,35)/t20-,21-,22+/m0/s1. The zero-order valence-corrected chi connectivity index (χ0v) is 23.6. The molecule has 2 aromatic carbocycles. The van der Waals surface area contributed by atoms with E-state index in [0.717, 1.165) is 45.7 Å². The van der Waals surface area contributed by atoms with E-state index in [1.165, 1.54) is 32.9 Å². The third-order valence-corrected chi connectivity index (χ3v) is 10.5. The number of thiophene rings is 1. The molecule has 0 radical (unpaired) electrons. The van der Waals surface area contributed by atoms with E-state index in [9.17, 15) is 32.3 Å². The fourth-order valence-electron chi connectivity index (χ4n) is 5.10. The minimum absolute atomic E-state index is 0.0588. The first kappa shape index (κ1) is 27.5. The van der Waals surface area contributed by atoms with Crippen molar-refractivity contribution in [3.8, 4) is 0 Å². The third kappa shape index (κ3) is 4.91. The van der Waals surface area contributed by atoms with Gasteiger partial charge in [-0.1, -0.05) is 52.9 Å². The number of aromatic nitrogens is 1. The smallest absolute Gasteiger partial charge is 0.325 e. The molecule has 1 saturated heterocycles. The van der Waals surface area contributed by atoms with Crippen LogP contribution in [0.3, 0.4) is 0 Å². The molecule has 1 N–H and O–H groups in total. The van der Waals surface area contributed by atoms with Crippen LogP contribution in [0.1, 0.15) is 26.8 Å². The van der Waals surface area contributed by atoms with Gasteiger partial charge in [0.05, 0.1) is 22.2 Å². The number of carbonyl (C=O) groups is 3. The minimum atomic E-state index is -4.58. The van der Waals surface area contributed by atoms with Crippen molar-refractivity contribution in [2.24, 2.45) is 5.92 Å². The number of fused-ring (bicyclic) bond motifs is 2. The van der Waals surface area contributed by atoms with Crippen LogP contribution in [0, 0.1) is 12.8 Å². The van der Waals surface area contributed by atoms with Gasteiger partial charge < -0.3 is 5.32 Å². The summed E-state index contributed by atoms with van der Waals surface area (Å²) in [5.74, 6) is -2.76. The molecule has 2 aliphatic heterocycles. The normalized spacial score (nSPS) is 20.2. The van der Waals surface area contributed by atoms with Gasteiger partial charge in [-0.3, -0.25) is 23.7 Å². The second-order valence-electron chi connectivity index (χ2n) is 9.66. The molecule has 0 aliphatic carbocycles. The van der Waals surface area contributed by atoms with Crippen molar-refractivity contribution in [2.45, 2.75) is 35.8 Å². The summed E-state index contributed by atoms with van der Waals surface area (Å²) in [5, 5.41) is 3.87. The highest BCUT2D eigenvalue weighted by Gasteiger charge is 2.57. The van der Waals surface area contributed by atoms with Gasteiger partial charge in [0.2, 0.25) is 17.7 Å². The van der Waals surface area contributed by atoms with Gasteiger partial charge >= 0.3 is 11.0 Å². The molecule has 0 bridgehead atoms. The van der Waals surface area contributed by atoms with E-state index < -0.39 is 52.1 Å². The zero-order valence-electron chi connectivity index (χ0n) is 21.2. The van der Waals surface area contributed by atoms with Gasteiger partial charge in [0.25, 0.3) is 0 Å². The molecular weight excluding hydrogens is 596 g/mol. The van der Waals surface area contributed by atoms with Gasteiger partial charge in [0, 0.05) is 21.4 Å². The van der Waals surface area contributed by atoms with Crippen molar-refractivity contribution in [3.63, 3.8) is 0 Å². The molecule has 13 heteroatoms. The summed E-state index contributed by atoms with van der Waals surface area (Å²) in [6.07, 6.45) is -4.58. The Balaban J connectivity index is 1.35. The third-order valence-electron chi connectivity index (χ3n) is 6.97. The fourth-order valence-corrected chi connectivity index (χ4v) is 8.82. The maximum atomic E-state index is 13.8. The number of imide groups is 1. The Labute approximate surface area is 243 Å². The molecule has 2 aromatic heterocycles. The molecular formula is C28H20F3N3O4S3. The Kier molecular flexibility index (Phi) is 6.91. The molecule has 2 aliphatic rings. The maximum absolute atomic E-state index is 13.8. The number of anilines is 2. The van der Waals surface area contributed by atoms with E-state index in [-0.39, 0.29) is 11.6 Å². The van der Waals surface area contributed by atoms with Crippen LogP contribution in [0.15, 0.2) is 75.9 Å². The molecule has 4 aromatic rings. The summed E-state index contributed by atoms with van der Waals surface area (Å²) in [5.41, 5.74) is 0.470. The molecule has 3 amide bonds. The van der Waals surface area contributed by atoms with Gasteiger partial charge in [-0.25, -0.2) is 4.90 Å². The monoisotopic (exact) mass is 615 g/mol.